The van der Waals surface area contributed by atoms with Gasteiger partial charge in [0.15, 0.2) is 0 Å². The van der Waals surface area contributed by atoms with Gasteiger partial charge in [0.1, 0.15) is 5.54 Å². The van der Waals surface area contributed by atoms with Crippen LogP contribution in [0.15, 0.2) is 22.6 Å². The van der Waals surface area contributed by atoms with Gasteiger partial charge >= 0.3 is 12.0 Å². The Labute approximate surface area is 180 Å². The van der Waals surface area contributed by atoms with Gasteiger partial charge in [0.2, 0.25) is 5.89 Å². The van der Waals surface area contributed by atoms with E-state index in [-0.39, 0.29) is 11.8 Å². The summed E-state index contributed by atoms with van der Waals surface area (Å²) in [7, 11) is 0. The van der Waals surface area contributed by atoms with Gasteiger partial charge in [0.25, 0.3) is 11.8 Å². The van der Waals surface area contributed by atoms with Crippen molar-refractivity contribution in [2.75, 3.05) is 18.4 Å². The van der Waals surface area contributed by atoms with E-state index >= 15 is 0 Å². The second-order valence-electron chi connectivity index (χ2n) is 7.75. The lowest BCUT2D eigenvalue weighted by molar-refractivity contribution is -0.123. The number of urea groups is 1. The third-order valence-electron chi connectivity index (χ3n) is 5.28. The molecule has 1 aromatic heterocycles. The lowest BCUT2D eigenvalue weighted by atomic mass is 9.96. The van der Waals surface area contributed by atoms with Crippen molar-refractivity contribution >= 4 is 23.9 Å². The number of nitrogens with zero attached hydrogens (tertiary/aromatic N) is 3. The number of imide groups is 1. The average Bonchev–Trinajstić information content (AvgIpc) is 3.38. The number of hydrogen-bond acceptors (Lipinski definition) is 7. The maximum absolute atomic E-state index is 11.7. The van der Waals surface area contributed by atoms with Gasteiger partial charge in [0, 0.05) is 31.6 Å². The third kappa shape index (κ3) is 5.01. The van der Waals surface area contributed by atoms with Gasteiger partial charge in [-0.05, 0) is 45.7 Å². The van der Waals surface area contributed by atoms with Crippen LogP contribution < -0.4 is 16.0 Å². The van der Waals surface area contributed by atoms with E-state index in [0.717, 1.165) is 29.8 Å². The summed E-state index contributed by atoms with van der Waals surface area (Å²) in [6, 6.07) is 5.98. The number of carbonyl (C=O) groups excluding carboxylic acids is 3. The molecule has 1 unspecified atom stereocenters. The highest BCUT2D eigenvalue weighted by Crippen LogP contribution is 2.23. The van der Waals surface area contributed by atoms with E-state index in [4.69, 9.17) is 4.42 Å². The zero-order chi connectivity index (χ0) is 22.6. The van der Waals surface area contributed by atoms with E-state index in [9.17, 15) is 14.4 Å². The molecule has 4 amide bonds. The summed E-state index contributed by atoms with van der Waals surface area (Å²) in [5, 5.41) is 15.3. The molecule has 2 aromatic rings. The fourth-order valence-electron chi connectivity index (χ4n) is 3.42. The van der Waals surface area contributed by atoms with Crippen molar-refractivity contribution in [2.24, 2.45) is 0 Å². The Bertz CT molecular complexity index is 988. The molecule has 1 saturated heterocycles. The standard InChI is InChI=1S/C11H13NO.C10H15N5O3/c1-3-12-7-9-5-4-8(2)6-10(9)11(12)13;1-3-11-9-15-14-6(18-9)4-5-10(2)7(16)12-8(17)13-10/h4-6H,3,7H2,1-2H3;3-5H2,1-2H3,(H,11,15)(H2,12,13,16,17). The number of anilines is 1. The zero-order valence-corrected chi connectivity index (χ0v) is 18.2. The summed E-state index contributed by atoms with van der Waals surface area (Å²) in [5.41, 5.74) is 2.30. The molecular weight excluding hydrogens is 400 g/mol. The zero-order valence-electron chi connectivity index (χ0n) is 18.2. The molecular formula is C21H28N6O4. The minimum absolute atomic E-state index is 0.182. The van der Waals surface area contributed by atoms with Crippen LogP contribution in [0.25, 0.3) is 0 Å². The van der Waals surface area contributed by atoms with Crippen LogP contribution in [-0.4, -0.2) is 51.6 Å². The minimum atomic E-state index is -0.913. The van der Waals surface area contributed by atoms with Gasteiger partial charge in [-0.3, -0.25) is 14.9 Å². The van der Waals surface area contributed by atoms with Gasteiger partial charge in [-0.25, -0.2) is 4.79 Å². The first-order chi connectivity index (χ1) is 14.8. The van der Waals surface area contributed by atoms with Crippen LogP contribution in [0, 0.1) is 6.92 Å². The first-order valence-corrected chi connectivity index (χ1v) is 10.3. The molecule has 0 bridgehead atoms. The van der Waals surface area contributed by atoms with Gasteiger partial charge in [-0.2, -0.15) is 0 Å². The monoisotopic (exact) mass is 428 g/mol. The molecule has 1 aromatic carbocycles. The first-order valence-electron chi connectivity index (χ1n) is 10.3. The minimum Gasteiger partial charge on any atom is -0.408 e. The highest BCUT2D eigenvalue weighted by molar-refractivity contribution is 6.06. The predicted molar refractivity (Wildman–Crippen MR) is 113 cm³/mol. The molecule has 2 aliphatic rings. The smallest absolute Gasteiger partial charge is 0.322 e. The normalized spacial score (nSPS) is 19.5. The van der Waals surface area contributed by atoms with E-state index in [0.29, 0.717) is 31.3 Å². The molecule has 31 heavy (non-hydrogen) atoms. The Balaban J connectivity index is 0.000000185. The van der Waals surface area contributed by atoms with Gasteiger partial charge in [-0.15, -0.1) is 5.10 Å². The van der Waals surface area contributed by atoms with E-state index in [1.54, 1.807) is 6.92 Å². The fraction of sp³-hybridized carbons (Fsp3) is 0.476. The molecule has 0 saturated carbocycles. The van der Waals surface area contributed by atoms with Crippen molar-refractivity contribution in [3.05, 3.63) is 40.8 Å². The Morgan fingerprint density at radius 1 is 1.23 bits per heavy atom. The number of aryl methyl sites for hydroxylation is 2. The number of carbonyl (C=O) groups is 3. The predicted octanol–water partition coefficient (Wildman–Crippen LogP) is 2.00. The molecule has 1 fully saturated rings. The Morgan fingerprint density at radius 2 is 2.00 bits per heavy atom. The van der Waals surface area contributed by atoms with Crippen molar-refractivity contribution in [3.63, 3.8) is 0 Å². The molecule has 10 heteroatoms. The summed E-state index contributed by atoms with van der Waals surface area (Å²) in [4.78, 5) is 36.2. The van der Waals surface area contributed by atoms with Crippen LogP contribution >= 0.6 is 0 Å². The number of nitrogens with one attached hydrogen (secondary N) is 3. The second-order valence-corrected chi connectivity index (χ2v) is 7.75. The number of hydrogen-bond donors (Lipinski definition) is 3. The van der Waals surface area contributed by atoms with E-state index in [1.165, 1.54) is 0 Å². The largest absolute Gasteiger partial charge is 0.408 e. The van der Waals surface area contributed by atoms with E-state index in [1.807, 2.05) is 31.7 Å². The van der Waals surface area contributed by atoms with E-state index in [2.05, 4.69) is 38.3 Å². The molecule has 0 aliphatic carbocycles. The summed E-state index contributed by atoms with van der Waals surface area (Å²) < 4.78 is 5.31. The fourth-order valence-corrected chi connectivity index (χ4v) is 3.42. The molecule has 4 rings (SSSR count). The van der Waals surface area contributed by atoms with Crippen molar-refractivity contribution in [3.8, 4) is 0 Å². The Kier molecular flexibility index (Phi) is 6.57. The van der Waals surface area contributed by atoms with Gasteiger partial charge in [0.05, 0.1) is 0 Å². The van der Waals surface area contributed by atoms with Crippen LogP contribution in [0.3, 0.4) is 0 Å². The number of benzene rings is 1. The second kappa shape index (κ2) is 9.15. The molecule has 1 atom stereocenters. The summed E-state index contributed by atoms with van der Waals surface area (Å²) in [6.07, 6.45) is 0.820. The summed E-state index contributed by atoms with van der Waals surface area (Å²) in [5.74, 6) is 0.279. The Morgan fingerprint density at radius 3 is 2.65 bits per heavy atom. The third-order valence-corrected chi connectivity index (χ3v) is 5.28. The lowest BCUT2D eigenvalue weighted by Crippen LogP contribution is -2.44. The lowest BCUT2D eigenvalue weighted by Gasteiger charge is -2.18. The van der Waals surface area contributed by atoms with Crippen molar-refractivity contribution in [2.45, 2.75) is 52.6 Å². The SMILES string of the molecule is CCN1Cc2ccc(C)cc2C1=O.CCNc1nnc(CCC2(C)NC(=O)NC2=O)o1. The van der Waals surface area contributed by atoms with Crippen LogP contribution in [-0.2, 0) is 17.8 Å². The van der Waals surface area contributed by atoms with Crippen molar-refractivity contribution in [1.29, 1.82) is 0 Å². The molecule has 2 aliphatic heterocycles. The first kappa shape index (κ1) is 22.3. The van der Waals surface area contributed by atoms with Gasteiger partial charge in [-0.1, -0.05) is 22.8 Å². The number of aromatic nitrogens is 2. The van der Waals surface area contributed by atoms with Crippen molar-refractivity contribution in [1.82, 2.24) is 25.7 Å². The molecule has 0 spiro atoms. The molecule has 166 valence electrons. The van der Waals surface area contributed by atoms with Crippen molar-refractivity contribution < 1.29 is 18.8 Å². The topological polar surface area (TPSA) is 129 Å². The van der Waals surface area contributed by atoms with Crippen LogP contribution in [0.5, 0.6) is 0 Å². The Hall–Kier alpha value is -3.43. The van der Waals surface area contributed by atoms with Crippen LogP contribution in [0.1, 0.15) is 54.6 Å². The van der Waals surface area contributed by atoms with Crippen LogP contribution in [0.2, 0.25) is 0 Å². The molecule has 0 radical (unpaired) electrons. The molecule has 10 nitrogen and oxygen atoms in total. The summed E-state index contributed by atoms with van der Waals surface area (Å²) in [6.45, 7) is 9.88. The average molecular weight is 428 g/mol. The number of rotatable bonds is 6. The number of fused-ring (bicyclic) bond motifs is 1. The maximum Gasteiger partial charge on any atom is 0.322 e. The molecule has 3 N–H and O–H groups in total. The van der Waals surface area contributed by atoms with Gasteiger partial charge < -0.3 is 20.0 Å². The summed E-state index contributed by atoms with van der Waals surface area (Å²) >= 11 is 0. The highest BCUT2D eigenvalue weighted by Gasteiger charge is 2.41. The highest BCUT2D eigenvalue weighted by atomic mass is 16.4. The molecule has 3 heterocycles. The van der Waals surface area contributed by atoms with Crippen LogP contribution in [0.4, 0.5) is 10.8 Å². The quantitative estimate of drug-likeness (QED) is 0.600. The number of amides is 4. The van der Waals surface area contributed by atoms with E-state index < -0.39 is 11.6 Å². The maximum atomic E-state index is 11.7.